The Bertz CT molecular complexity index is 1070. The third-order valence-electron chi connectivity index (χ3n) is 5.45. The molecule has 29 heavy (non-hydrogen) atoms. The number of benzene rings is 2. The molecule has 1 aromatic heterocycles. The van der Waals surface area contributed by atoms with Crippen LogP contribution in [0.15, 0.2) is 42.5 Å². The van der Waals surface area contributed by atoms with Gasteiger partial charge in [0.2, 0.25) is 5.91 Å². The number of aryl methyl sites for hydroxylation is 1. The maximum Gasteiger partial charge on any atom is 0.322 e. The van der Waals surface area contributed by atoms with E-state index < -0.39 is 12.0 Å². The average Bonchev–Trinajstić information content (AvgIpc) is 3.06. The predicted molar refractivity (Wildman–Crippen MR) is 107 cm³/mol. The molecule has 0 saturated heterocycles. The molecule has 0 fully saturated rings. The van der Waals surface area contributed by atoms with Crippen LogP contribution >= 0.6 is 0 Å². The summed E-state index contributed by atoms with van der Waals surface area (Å²) in [4.78, 5) is 26.1. The number of hydrogen-bond donors (Lipinski definition) is 2. The lowest BCUT2D eigenvalue weighted by atomic mass is 9.99. The summed E-state index contributed by atoms with van der Waals surface area (Å²) in [6.45, 7) is 4.22. The number of fused-ring (bicyclic) bond motifs is 2. The first-order chi connectivity index (χ1) is 13.9. The first-order valence-electron chi connectivity index (χ1n) is 9.56. The van der Waals surface area contributed by atoms with Gasteiger partial charge in [-0.25, -0.2) is 0 Å². The lowest BCUT2D eigenvalue weighted by Gasteiger charge is -2.33. The number of aromatic nitrogens is 3. The molecular formula is C21H23N5O3. The normalized spacial score (nSPS) is 17.7. The van der Waals surface area contributed by atoms with Crippen LogP contribution in [0.25, 0.3) is 10.8 Å². The Morgan fingerprint density at radius 1 is 1.21 bits per heavy atom. The van der Waals surface area contributed by atoms with Gasteiger partial charge in [0.25, 0.3) is 0 Å². The lowest BCUT2D eigenvalue weighted by molar-refractivity contribution is -0.145. The van der Waals surface area contributed by atoms with Crippen molar-refractivity contribution in [1.29, 1.82) is 0 Å². The van der Waals surface area contributed by atoms with Gasteiger partial charge in [-0.3, -0.25) is 14.5 Å². The summed E-state index contributed by atoms with van der Waals surface area (Å²) in [5.74, 6) is 0.176. The third-order valence-corrected chi connectivity index (χ3v) is 5.45. The van der Waals surface area contributed by atoms with E-state index in [1.165, 1.54) is 0 Å². The van der Waals surface area contributed by atoms with E-state index in [4.69, 9.17) is 0 Å². The van der Waals surface area contributed by atoms with Gasteiger partial charge < -0.3 is 15.0 Å². The molecule has 1 aliphatic rings. The van der Waals surface area contributed by atoms with Crippen molar-refractivity contribution >= 4 is 22.6 Å². The summed E-state index contributed by atoms with van der Waals surface area (Å²) in [7, 11) is 0. The first-order valence-corrected chi connectivity index (χ1v) is 9.56. The Hall–Kier alpha value is -3.26. The van der Waals surface area contributed by atoms with Crippen molar-refractivity contribution in [2.75, 3.05) is 6.54 Å². The second-order valence-electron chi connectivity index (χ2n) is 7.39. The van der Waals surface area contributed by atoms with Gasteiger partial charge in [-0.1, -0.05) is 42.5 Å². The van der Waals surface area contributed by atoms with Crippen LogP contribution in [0.5, 0.6) is 0 Å². The van der Waals surface area contributed by atoms with E-state index in [9.17, 15) is 14.7 Å². The Balaban J connectivity index is 1.49. The average molecular weight is 393 g/mol. The molecule has 8 nitrogen and oxygen atoms in total. The number of carbonyl (C=O) groups excluding carboxylic acids is 1. The summed E-state index contributed by atoms with van der Waals surface area (Å²) in [5, 5.41) is 23.0. The van der Waals surface area contributed by atoms with Crippen LogP contribution in [-0.4, -0.2) is 49.2 Å². The molecule has 2 aromatic carbocycles. The highest BCUT2D eigenvalue weighted by Crippen LogP contribution is 2.24. The molecular weight excluding hydrogens is 370 g/mol. The molecule has 4 rings (SSSR count). The van der Waals surface area contributed by atoms with Crippen molar-refractivity contribution in [1.82, 2.24) is 25.0 Å². The summed E-state index contributed by atoms with van der Waals surface area (Å²) in [5.41, 5.74) is 1.03. The fourth-order valence-electron chi connectivity index (χ4n) is 3.94. The third kappa shape index (κ3) is 3.71. The first kappa shape index (κ1) is 19.1. The quantitative estimate of drug-likeness (QED) is 0.687. The van der Waals surface area contributed by atoms with Crippen LogP contribution in [-0.2, 0) is 22.7 Å². The Kier molecular flexibility index (Phi) is 5.02. The number of nitrogens with zero attached hydrogens (tertiary/aromatic N) is 4. The number of amides is 1. The molecule has 0 spiro atoms. The topological polar surface area (TPSA) is 100 Å². The monoisotopic (exact) mass is 393 g/mol. The van der Waals surface area contributed by atoms with Gasteiger partial charge >= 0.3 is 5.97 Å². The number of carboxylic acids is 1. The van der Waals surface area contributed by atoms with Gasteiger partial charge in [0.15, 0.2) is 0 Å². The Morgan fingerprint density at radius 3 is 2.76 bits per heavy atom. The summed E-state index contributed by atoms with van der Waals surface area (Å²) in [6, 6.07) is 13.0. The van der Waals surface area contributed by atoms with Gasteiger partial charge in [0.05, 0.1) is 25.7 Å². The predicted octanol–water partition coefficient (Wildman–Crippen LogP) is 1.89. The minimum atomic E-state index is -0.960. The molecule has 0 radical (unpaired) electrons. The van der Waals surface area contributed by atoms with Crippen LogP contribution in [0, 0.1) is 6.92 Å². The van der Waals surface area contributed by atoms with Gasteiger partial charge in [0, 0.05) is 0 Å². The van der Waals surface area contributed by atoms with Crippen LogP contribution in [0.3, 0.4) is 0 Å². The molecule has 2 heterocycles. The molecule has 2 N–H and O–H groups in total. The van der Waals surface area contributed by atoms with E-state index in [1.54, 1.807) is 16.4 Å². The Labute approximate surface area is 168 Å². The number of hydrogen-bond acceptors (Lipinski definition) is 5. The standard InChI is InChI=1S/C21H23N5O3/c1-13(16-9-5-7-15-6-3-4-8-17(15)16)22-20(27)12-25-11-19-24-23-14(2)26(19)10-18(25)21(28)29/h3-9,13,18H,10-12H2,1-2H3,(H,22,27)(H,28,29). The van der Waals surface area contributed by atoms with E-state index in [2.05, 4.69) is 15.5 Å². The highest BCUT2D eigenvalue weighted by atomic mass is 16.4. The van der Waals surface area contributed by atoms with Crippen molar-refractivity contribution in [3.8, 4) is 0 Å². The van der Waals surface area contributed by atoms with Crippen molar-refractivity contribution < 1.29 is 14.7 Å². The van der Waals surface area contributed by atoms with Crippen molar-refractivity contribution in [2.45, 2.75) is 39.0 Å². The maximum atomic E-state index is 12.7. The number of nitrogens with one attached hydrogen (secondary N) is 1. The number of rotatable bonds is 5. The molecule has 2 atom stereocenters. The zero-order chi connectivity index (χ0) is 20.5. The number of carboxylic acid groups (broad SMARTS) is 1. The van der Waals surface area contributed by atoms with Crippen molar-refractivity contribution in [2.24, 2.45) is 0 Å². The van der Waals surface area contributed by atoms with Crippen LogP contribution in [0.2, 0.25) is 0 Å². The van der Waals surface area contributed by atoms with Crippen LogP contribution in [0.4, 0.5) is 0 Å². The van der Waals surface area contributed by atoms with E-state index in [1.807, 2.05) is 49.4 Å². The van der Waals surface area contributed by atoms with E-state index in [0.717, 1.165) is 16.3 Å². The molecule has 1 aliphatic heterocycles. The van der Waals surface area contributed by atoms with Gasteiger partial charge in [-0.05, 0) is 30.2 Å². The van der Waals surface area contributed by atoms with Crippen LogP contribution in [0.1, 0.15) is 30.2 Å². The summed E-state index contributed by atoms with van der Waals surface area (Å²) >= 11 is 0. The smallest absolute Gasteiger partial charge is 0.322 e. The summed E-state index contributed by atoms with van der Waals surface area (Å²) in [6.07, 6.45) is 0. The van der Waals surface area contributed by atoms with Crippen molar-refractivity contribution in [3.63, 3.8) is 0 Å². The van der Waals surface area contributed by atoms with Crippen LogP contribution < -0.4 is 5.32 Å². The molecule has 1 amide bonds. The molecule has 2 unspecified atom stereocenters. The molecule has 0 aliphatic carbocycles. The fraction of sp³-hybridized carbons (Fsp3) is 0.333. The molecule has 8 heteroatoms. The number of aliphatic carboxylic acids is 1. The number of carbonyl (C=O) groups is 2. The highest BCUT2D eigenvalue weighted by molar-refractivity contribution is 5.87. The van der Waals surface area contributed by atoms with E-state index >= 15 is 0 Å². The lowest BCUT2D eigenvalue weighted by Crippen LogP contribution is -2.51. The molecule has 3 aromatic rings. The molecule has 0 bridgehead atoms. The van der Waals surface area contributed by atoms with E-state index in [-0.39, 0.29) is 31.6 Å². The van der Waals surface area contributed by atoms with E-state index in [0.29, 0.717) is 11.6 Å². The van der Waals surface area contributed by atoms with Gasteiger partial charge in [-0.15, -0.1) is 10.2 Å². The highest BCUT2D eigenvalue weighted by Gasteiger charge is 2.34. The largest absolute Gasteiger partial charge is 0.480 e. The molecule has 0 saturated carbocycles. The van der Waals surface area contributed by atoms with Crippen molar-refractivity contribution in [3.05, 3.63) is 59.7 Å². The minimum Gasteiger partial charge on any atom is -0.480 e. The van der Waals surface area contributed by atoms with Gasteiger partial charge in [-0.2, -0.15) is 0 Å². The fourth-order valence-corrected chi connectivity index (χ4v) is 3.94. The van der Waals surface area contributed by atoms with Gasteiger partial charge in [0.1, 0.15) is 17.7 Å². The second-order valence-corrected chi connectivity index (χ2v) is 7.39. The zero-order valence-electron chi connectivity index (χ0n) is 16.4. The summed E-state index contributed by atoms with van der Waals surface area (Å²) < 4.78 is 1.80. The minimum absolute atomic E-state index is 0.0159. The SMILES string of the molecule is Cc1nnc2n1CC(C(=O)O)N(CC(=O)NC(C)c1cccc3ccccc13)C2. The molecule has 150 valence electrons. The second kappa shape index (κ2) is 7.63. The maximum absolute atomic E-state index is 12.7. The zero-order valence-corrected chi connectivity index (χ0v) is 16.4. The Morgan fingerprint density at radius 2 is 1.97 bits per heavy atom.